The Bertz CT molecular complexity index is 528. The van der Waals surface area contributed by atoms with Crippen molar-refractivity contribution >= 4 is 0 Å². The van der Waals surface area contributed by atoms with Crippen molar-refractivity contribution < 1.29 is 8.78 Å². The molecular formula is C16H16F2. The standard InChI is InChI=1S/C16H16F2/c1-16(2,3)12-9-13(17)15(14(18)10-12)11-7-5-4-6-8-11/h4-10H,1-3H3. The Morgan fingerprint density at radius 2 is 1.33 bits per heavy atom. The van der Waals surface area contributed by atoms with Crippen LogP contribution in [0.2, 0.25) is 0 Å². The fourth-order valence-electron chi connectivity index (χ4n) is 1.89. The minimum Gasteiger partial charge on any atom is -0.206 e. The van der Waals surface area contributed by atoms with Gasteiger partial charge in [0, 0.05) is 0 Å². The lowest BCUT2D eigenvalue weighted by Gasteiger charge is -2.20. The molecule has 0 spiro atoms. The third-order valence-corrected chi connectivity index (χ3v) is 2.97. The van der Waals surface area contributed by atoms with Gasteiger partial charge in [-0.2, -0.15) is 0 Å². The molecule has 2 aromatic rings. The highest BCUT2D eigenvalue weighted by Gasteiger charge is 2.19. The fourth-order valence-corrected chi connectivity index (χ4v) is 1.89. The van der Waals surface area contributed by atoms with E-state index in [0.717, 1.165) is 0 Å². The minimum absolute atomic E-state index is 0.0450. The highest BCUT2D eigenvalue weighted by molar-refractivity contribution is 5.65. The highest BCUT2D eigenvalue weighted by Crippen LogP contribution is 2.31. The first kappa shape index (κ1) is 12.7. The zero-order valence-electron chi connectivity index (χ0n) is 10.8. The lowest BCUT2D eigenvalue weighted by molar-refractivity contribution is 0.548. The quantitative estimate of drug-likeness (QED) is 0.669. The van der Waals surface area contributed by atoms with Gasteiger partial charge in [-0.3, -0.25) is 0 Å². The molecule has 0 aliphatic carbocycles. The van der Waals surface area contributed by atoms with Crippen molar-refractivity contribution in [3.8, 4) is 11.1 Å². The number of halogens is 2. The van der Waals surface area contributed by atoms with Crippen LogP contribution in [0.3, 0.4) is 0 Å². The van der Waals surface area contributed by atoms with Gasteiger partial charge in [-0.25, -0.2) is 8.78 Å². The van der Waals surface area contributed by atoms with Crippen LogP contribution in [0.5, 0.6) is 0 Å². The summed E-state index contributed by atoms with van der Waals surface area (Å²) >= 11 is 0. The van der Waals surface area contributed by atoms with E-state index < -0.39 is 11.6 Å². The Balaban J connectivity index is 2.59. The maximum absolute atomic E-state index is 14.1. The topological polar surface area (TPSA) is 0 Å². The van der Waals surface area contributed by atoms with Crippen LogP contribution in [-0.4, -0.2) is 0 Å². The van der Waals surface area contributed by atoms with Crippen molar-refractivity contribution in [3.05, 3.63) is 59.7 Å². The molecule has 0 unspecified atom stereocenters. The first-order chi connectivity index (χ1) is 8.39. The second-order valence-corrected chi connectivity index (χ2v) is 5.43. The Labute approximate surface area is 106 Å². The number of hydrogen-bond acceptors (Lipinski definition) is 0. The van der Waals surface area contributed by atoms with Gasteiger partial charge in [0.05, 0.1) is 5.56 Å². The highest BCUT2D eigenvalue weighted by atomic mass is 19.1. The van der Waals surface area contributed by atoms with Gasteiger partial charge in [-0.15, -0.1) is 0 Å². The van der Waals surface area contributed by atoms with Crippen LogP contribution >= 0.6 is 0 Å². The summed E-state index contributed by atoms with van der Waals surface area (Å²) in [6.07, 6.45) is 0. The van der Waals surface area contributed by atoms with Gasteiger partial charge in [0.15, 0.2) is 0 Å². The summed E-state index contributed by atoms with van der Waals surface area (Å²) in [6.45, 7) is 5.80. The molecule has 0 saturated heterocycles. The van der Waals surface area contributed by atoms with Crippen LogP contribution in [0.1, 0.15) is 26.3 Å². The summed E-state index contributed by atoms with van der Waals surface area (Å²) in [5, 5.41) is 0. The minimum atomic E-state index is -0.508. The molecule has 0 N–H and O–H groups in total. The molecule has 2 heteroatoms. The van der Waals surface area contributed by atoms with Crippen molar-refractivity contribution in [3.63, 3.8) is 0 Å². The molecule has 94 valence electrons. The van der Waals surface area contributed by atoms with Gasteiger partial charge in [-0.05, 0) is 28.7 Å². The fraction of sp³-hybridized carbons (Fsp3) is 0.250. The van der Waals surface area contributed by atoms with Crippen LogP contribution in [0.4, 0.5) is 8.78 Å². The van der Waals surface area contributed by atoms with Crippen LogP contribution < -0.4 is 0 Å². The van der Waals surface area contributed by atoms with Gasteiger partial charge >= 0.3 is 0 Å². The van der Waals surface area contributed by atoms with Crippen LogP contribution in [0.25, 0.3) is 11.1 Å². The molecular weight excluding hydrogens is 230 g/mol. The molecule has 0 aromatic heterocycles. The number of hydrogen-bond donors (Lipinski definition) is 0. The molecule has 2 rings (SSSR count). The maximum Gasteiger partial charge on any atom is 0.134 e. The number of benzene rings is 2. The Hall–Kier alpha value is -1.70. The van der Waals surface area contributed by atoms with E-state index in [1.165, 1.54) is 12.1 Å². The molecule has 0 nitrogen and oxygen atoms in total. The maximum atomic E-state index is 14.1. The third kappa shape index (κ3) is 2.42. The SMILES string of the molecule is CC(C)(C)c1cc(F)c(-c2ccccc2)c(F)c1. The van der Waals surface area contributed by atoms with Gasteiger partial charge in [0.25, 0.3) is 0 Å². The van der Waals surface area contributed by atoms with Gasteiger partial charge in [-0.1, -0.05) is 51.1 Å². The molecule has 0 aliphatic heterocycles. The monoisotopic (exact) mass is 246 g/mol. The van der Waals surface area contributed by atoms with E-state index in [1.807, 2.05) is 26.8 Å². The zero-order valence-corrected chi connectivity index (χ0v) is 10.8. The summed E-state index contributed by atoms with van der Waals surface area (Å²) in [5.74, 6) is -1.02. The van der Waals surface area contributed by atoms with E-state index in [0.29, 0.717) is 11.1 Å². The second kappa shape index (κ2) is 4.52. The van der Waals surface area contributed by atoms with E-state index >= 15 is 0 Å². The van der Waals surface area contributed by atoms with Crippen LogP contribution in [-0.2, 0) is 5.41 Å². The van der Waals surface area contributed by atoms with E-state index in [2.05, 4.69) is 0 Å². The molecule has 0 bridgehead atoms. The van der Waals surface area contributed by atoms with E-state index in [9.17, 15) is 8.78 Å². The first-order valence-corrected chi connectivity index (χ1v) is 5.94. The molecule has 0 aliphatic rings. The van der Waals surface area contributed by atoms with E-state index in [-0.39, 0.29) is 11.0 Å². The van der Waals surface area contributed by atoms with Crippen molar-refractivity contribution in [2.24, 2.45) is 0 Å². The first-order valence-electron chi connectivity index (χ1n) is 5.94. The normalized spacial score (nSPS) is 11.6. The van der Waals surface area contributed by atoms with Crippen molar-refractivity contribution in [2.45, 2.75) is 26.2 Å². The van der Waals surface area contributed by atoms with Crippen molar-refractivity contribution in [1.82, 2.24) is 0 Å². The lowest BCUT2D eigenvalue weighted by atomic mass is 9.85. The average Bonchev–Trinajstić information content (AvgIpc) is 2.28. The summed E-state index contributed by atoms with van der Waals surface area (Å²) in [5.41, 5.74) is 1.01. The van der Waals surface area contributed by atoms with Crippen LogP contribution in [0.15, 0.2) is 42.5 Å². The lowest BCUT2D eigenvalue weighted by Crippen LogP contribution is -2.12. The van der Waals surface area contributed by atoms with E-state index in [1.54, 1.807) is 24.3 Å². The summed E-state index contributed by atoms with van der Waals surface area (Å²) < 4.78 is 28.2. The molecule has 0 amide bonds. The Morgan fingerprint density at radius 1 is 0.833 bits per heavy atom. The molecule has 2 aromatic carbocycles. The third-order valence-electron chi connectivity index (χ3n) is 2.97. The predicted molar refractivity (Wildman–Crippen MR) is 70.5 cm³/mol. The average molecular weight is 246 g/mol. The molecule has 18 heavy (non-hydrogen) atoms. The van der Waals surface area contributed by atoms with Gasteiger partial charge < -0.3 is 0 Å². The summed E-state index contributed by atoms with van der Waals surface area (Å²) in [7, 11) is 0. The van der Waals surface area contributed by atoms with Crippen molar-refractivity contribution in [2.75, 3.05) is 0 Å². The molecule has 0 heterocycles. The van der Waals surface area contributed by atoms with Crippen molar-refractivity contribution in [1.29, 1.82) is 0 Å². The smallest absolute Gasteiger partial charge is 0.134 e. The molecule has 0 radical (unpaired) electrons. The predicted octanol–water partition coefficient (Wildman–Crippen LogP) is 4.93. The molecule has 0 saturated carbocycles. The summed E-state index contributed by atoms with van der Waals surface area (Å²) in [4.78, 5) is 0. The Morgan fingerprint density at radius 3 is 1.78 bits per heavy atom. The zero-order chi connectivity index (χ0) is 13.3. The molecule has 0 fully saturated rings. The van der Waals surface area contributed by atoms with Gasteiger partial charge in [0.1, 0.15) is 11.6 Å². The summed E-state index contributed by atoms with van der Waals surface area (Å²) in [6, 6.07) is 11.6. The number of rotatable bonds is 1. The molecule has 0 atom stereocenters. The van der Waals surface area contributed by atoms with Crippen LogP contribution in [0, 0.1) is 11.6 Å². The largest absolute Gasteiger partial charge is 0.206 e. The Kier molecular flexibility index (Phi) is 3.20. The second-order valence-electron chi connectivity index (χ2n) is 5.43. The van der Waals surface area contributed by atoms with E-state index in [4.69, 9.17) is 0 Å². The van der Waals surface area contributed by atoms with Gasteiger partial charge in [0.2, 0.25) is 0 Å².